The number of hydrogen-bond donors (Lipinski definition) is 1. The van der Waals surface area contributed by atoms with E-state index >= 15 is 0 Å². The number of aromatic carboxylic acids is 1. The lowest BCUT2D eigenvalue weighted by atomic mass is 9.71. The Hall–Kier alpha value is -0.940. The van der Waals surface area contributed by atoms with Crippen molar-refractivity contribution in [2.45, 2.75) is 59.0 Å². The average Bonchev–Trinajstić information content (AvgIpc) is 2.75. The lowest BCUT2D eigenvalue weighted by molar-refractivity contribution is -0.0890. The molecule has 1 aromatic heterocycles. The fraction of sp³-hybridized carbons (Fsp3) is 0.733. The van der Waals surface area contributed by atoms with Crippen LogP contribution in [0, 0.1) is 12.3 Å². The largest absolute Gasteiger partial charge is 0.476 e. The molecule has 4 nitrogen and oxygen atoms in total. The highest BCUT2D eigenvalue weighted by molar-refractivity contribution is 7.12. The predicted molar refractivity (Wildman–Crippen MR) is 79.4 cm³/mol. The summed E-state index contributed by atoms with van der Waals surface area (Å²) in [6.07, 6.45) is 3.99. The number of thiazole rings is 1. The summed E-state index contributed by atoms with van der Waals surface area (Å²) in [5.41, 5.74) is 0.129. The molecule has 0 amide bonds. The smallest absolute Gasteiger partial charge is 0.355 e. The third-order valence-electron chi connectivity index (χ3n) is 4.22. The zero-order valence-corrected chi connectivity index (χ0v) is 13.5. The number of aryl methyl sites for hydroxylation is 1. The first-order valence-electron chi connectivity index (χ1n) is 7.15. The minimum atomic E-state index is -0.951. The summed E-state index contributed by atoms with van der Waals surface area (Å²) in [5.74, 6) is -0.951. The summed E-state index contributed by atoms with van der Waals surface area (Å²) in [6.45, 7) is 8.98. The molecule has 1 aromatic rings. The number of carbonyl (C=O) groups is 1. The standard InChI is InChI=1S/C15H23NO3S/c1-5-19-15(8-6-14(3,4)7-9-15)13-16-11(12(17)18)10(2)20-13/h5-9H2,1-4H3,(H,17,18). The van der Waals surface area contributed by atoms with Crippen molar-refractivity contribution in [3.63, 3.8) is 0 Å². The molecule has 0 bridgehead atoms. The number of ether oxygens (including phenoxy) is 1. The first-order valence-corrected chi connectivity index (χ1v) is 7.96. The number of carboxylic acids is 1. The summed E-state index contributed by atoms with van der Waals surface area (Å²) in [4.78, 5) is 16.3. The van der Waals surface area contributed by atoms with Gasteiger partial charge in [-0.05, 0) is 44.9 Å². The second-order valence-electron chi connectivity index (χ2n) is 6.32. The molecule has 1 N–H and O–H groups in total. The lowest BCUT2D eigenvalue weighted by Gasteiger charge is -2.42. The summed E-state index contributed by atoms with van der Waals surface area (Å²) in [5, 5.41) is 10.0. The Labute approximate surface area is 124 Å². The van der Waals surface area contributed by atoms with Crippen molar-refractivity contribution >= 4 is 17.3 Å². The Morgan fingerprint density at radius 3 is 2.40 bits per heavy atom. The van der Waals surface area contributed by atoms with Crippen molar-refractivity contribution in [2.75, 3.05) is 6.61 Å². The monoisotopic (exact) mass is 297 g/mol. The highest BCUT2D eigenvalue weighted by atomic mass is 32.1. The molecule has 2 rings (SSSR count). The molecule has 0 radical (unpaired) electrons. The molecule has 0 unspecified atom stereocenters. The molecule has 1 saturated carbocycles. The summed E-state index contributed by atoms with van der Waals surface area (Å²) >= 11 is 1.47. The van der Waals surface area contributed by atoms with Gasteiger partial charge in [0.1, 0.15) is 10.6 Å². The second-order valence-corrected chi connectivity index (χ2v) is 7.52. The van der Waals surface area contributed by atoms with E-state index < -0.39 is 5.97 Å². The van der Waals surface area contributed by atoms with Gasteiger partial charge < -0.3 is 9.84 Å². The molecule has 112 valence electrons. The zero-order valence-electron chi connectivity index (χ0n) is 12.7. The number of carboxylic acid groups (broad SMARTS) is 1. The van der Waals surface area contributed by atoms with E-state index in [0.717, 1.165) is 35.6 Å². The fourth-order valence-electron chi connectivity index (χ4n) is 2.82. The van der Waals surface area contributed by atoms with Gasteiger partial charge in [0.15, 0.2) is 5.69 Å². The van der Waals surface area contributed by atoms with Gasteiger partial charge in [0.25, 0.3) is 0 Å². The van der Waals surface area contributed by atoms with Gasteiger partial charge in [-0.3, -0.25) is 0 Å². The molecule has 0 atom stereocenters. The Kier molecular flexibility index (Phi) is 4.21. The van der Waals surface area contributed by atoms with E-state index in [1.165, 1.54) is 11.3 Å². The molecule has 0 spiro atoms. The Morgan fingerprint density at radius 1 is 1.35 bits per heavy atom. The van der Waals surface area contributed by atoms with Crippen molar-refractivity contribution in [1.29, 1.82) is 0 Å². The van der Waals surface area contributed by atoms with Crippen LogP contribution in [0.4, 0.5) is 0 Å². The van der Waals surface area contributed by atoms with Crippen LogP contribution in [0.15, 0.2) is 0 Å². The zero-order chi connectivity index (χ0) is 15.0. The highest BCUT2D eigenvalue weighted by Crippen LogP contribution is 2.48. The lowest BCUT2D eigenvalue weighted by Crippen LogP contribution is -2.37. The van der Waals surface area contributed by atoms with Crippen LogP contribution in [0.2, 0.25) is 0 Å². The van der Waals surface area contributed by atoms with Gasteiger partial charge in [-0.1, -0.05) is 13.8 Å². The van der Waals surface area contributed by atoms with E-state index in [-0.39, 0.29) is 11.3 Å². The maximum atomic E-state index is 11.2. The van der Waals surface area contributed by atoms with Crippen LogP contribution in [0.25, 0.3) is 0 Å². The van der Waals surface area contributed by atoms with Crippen LogP contribution >= 0.6 is 11.3 Å². The molecule has 0 aliphatic heterocycles. The topological polar surface area (TPSA) is 59.4 Å². The molecule has 1 heterocycles. The third-order valence-corrected chi connectivity index (χ3v) is 5.38. The van der Waals surface area contributed by atoms with Crippen LogP contribution in [0.3, 0.4) is 0 Å². The predicted octanol–water partition coefficient (Wildman–Crippen LogP) is 3.98. The Bertz CT molecular complexity index is 497. The van der Waals surface area contributed by atoms with Gasteiger partial charge in [-0.25, -0.2) is 9.78 Å². The summed E-state index contributed by atoms with van der Waals surface area (Å²) in [7, 11) is 0. The molecule has 1 aliphatic carbocycles. The van der Waals surface area contributed by atoms with Crippen LogP contribution in [0.1, 0.15) is 66.8 Å². The molecule has 0 aromatic carbocycles. The quantitative estimate of drug-likeness (QED) is 0.913. The number of nitrogens with zero attached hydrogens (tertiary/aromatic N) is 1. The van der Waals surface area contributed by atoms with E-state index in [4.69, 9.17) is 4.74 Å². The van der Waals surface area contributed by atoms with Gasteiger partial charge in [-0.15, -0.1) is 11.3 Å². The van der Waals surface area contributed by atoms with Gasteiger partial charge in [0.2, 0.25) is 0 Å². The molecule has 0 saturated heterocycles. The maximum absolute atomic E-state index is 11.2. The molecule has 20 heavy (non-hydrogen) atoms. The highest BCUT2D eigenvalue weighted by Gasteiger charge is 2.43. The van der Waals surface area contributed by atoms with Crippen LogP contribution < -0.4 is 0 Å². The van der Waals surface area contributed by atoms with E-state index in [1.54, 1.807) is 0 Å². The maximum Gasteiger partial charge on any atom is 0.355 e. The van der Waals surface area contributed by atoms with Gasteiger partial charge >= 0.3 is 5.97 Å². The molecular weight excluding hydrogens is 274 g/mol. The number of rotatable bonds is 4. The molecule has 1 aliphatic rings. The van der Waals surface area contributed by atoms with Crippen LogP contribution in [-0.2, 0) is 10.3 Å². The van der Waals surface area contributed by atoms with Gasteiger partial charge in [-0.2, -0.15) is 0 Å². The SMILES string of the molecule is CCOC1(c2nc(C(=O)O)c(C)s2)CCC(C)(C)CC1. The molecular formula is C15H23NO3S. The second kappa shape index (κ2) is 5.45. The summed E-state index contributed by atoms with van der Waals surface area (Å²) < 4.78 is 6.05. The van der Waals surface area contributed by atoms with Crippen LogP contribution in [-0.4, -0.2) is 22.7 Å². The van der Waals surface area contributed by atoms with E-state index in [9.17, 15) is 9.90 Å². The van der Waals surface area contributed by atoms with Crippen LogP contribution in [0.5, 0.6) is 0 Å². The van der Waals surface area contributed by atoms with E-state index in [0.29, 0.717) is 12.0 Å². The summed E-state index contributed by atoms with van der Waals surface area (Å²) in [6, 6.07) is 0. The Balaban J connectivity index is 2.34. The third kappa shape index (κ3) is 2.88. The van der Waals surface area contributed by atoms with Gasteiger partial charge in [0, 0.05) is 11.5 Å². The minimum Gasteiger partial charge on any atom is -0.476 e. The molecule has 5 heteroatoms. The molecule has 1 fully saturated rings. The normalized spacial score (nSPS) is 20.8. The van der Waals surface area contributed by atoms with E-state index in [2.05, 4.69) is 18.8 Å². The Morgan fingerprint density at radius 2 is 1.95 bits per heavy atom. The fourth-order valence-corrected chi connectivity index (χ4v) is 3.92. The van der Waals surface area contributed by atoms with Crippen molar-refractivity contribution in [1.82, 2.24) is 4.98 Å². The van der Waals surface area contributed by atoms with Crippen molar-refractivity contribution in [3.8, 4) is 0 Å². The van der Waals surface area contributed by atoms with Crippen molar-refractivity contribution in [3.05, 3.63) is 15.6 Å². The average molecular weight is 297 g/mol. The first-order chi connectivity index (χ1) is 9.30. The number of aromatic nitrogens is 1. The minimum absolute atomic E-state index is 0.175. The van der Waals surface area contributed by atoms with Crippen molar-refractivity contribution in [2.24, 2.45) is 5.41 Å². The van der Waals surface area contributed by atoms with Crippen molar-refractivity contribution < 1.29 is 14.6 Å². The first kappa shape index (κ1) is 15.4. The van der Waals surface area contributed by atoms with Gasteiger partial charge in [0.05, 0.1) is 0 Å². The number of hydrogen-bond acceptors (Lipinski definition) is 4. The van der Waals surface area contributed by atoms with E-state index in [1.807, 2.05) is 13.8 Å².